The second-order valence-corrected chi connectivity index (χ2v) is 8.54. The van der Waals surface area contributed by atoms with Gasteiger partial charge in [0.05, 0.1) is 12.3 Å². The first-order valence-electron chi connectivity index (χ1n) is 10.3. The third-order valence-electron chi connectivity index (χ3n) is 5.10. The Hall–Kier alpha value is -3.11. The van der Waals surface area contributed by atoms with Crippen molar-refractivity contribution < 1.29 is 14.3 Å². The Morgan fingerprint density at radius 3 is 2.33 bits per heavy atom. The van der Waals surface area contributed by atoms with E-state index in [0.29, 0.717) is 12.2 Å². The van der Waals surface area contributed by atoms with E-state index >= 15 is 0 Å². The van der Waals surface area contributed by atoms with E-state index in [0.717, 1.165) is 29.3 Å². The SMILES string of the molecule is CC(C)(C)c1ccccc1C(=O)N(c1ccccc1)c1cccc(OCC2CO2)c1. The first kappa shape index (κ1) is 20.2. The number of carbonyl (C=O) groups is 1. The van der Waals surface area contributed by atoms with Crippen LogP contribution in [0.3, 0.4) is 0 Å². The molecule has 0 N–H and O–H groups in total. The third kappa shape index (κ3) is 4.55. The van der Waals surface area contributed by atoms with Crippen molar-refractivity contribution in [2.45, 2.75) is 32.3 Å². The van der Waals surface area contributed by atoms with Gasteiger partial charge in [-0.3, -0.25) is 9.69 Å². The second-order valence-electron chi connectivity index (χ2n) is 8.54. The molecule has 30 heavy (non-hydrogen) atoms. The molecule has 4 rings (SSSR count). The molecular weight excluding hydrogens is 374 g/mol. The Kier molecular flexibility index (Phi) is 5.60. The fraction of sp³-hybridized carbons (Fsp3) is 0.269. The van der Waals surface area contributed by atoms with Crippen molar-refractivity contribution in [3.63, 3.8) is 0 Å². The van der Waals surface area contributed by atoms with E-state index < -0.39 is 0 Å². The number of nitrogens with zero attached hydrogens (tertiary/aromatic N) is 1. The summed E-state index contributed by atoms with van der Waals surface area (Å²) in [5.41, 5.74) is 3.16. The predicted octanol–water partition coefficient (Wildman–Crippen LogP) is 5.74. The molecule has 0 saturated carbocycles. The van der Waals surface area contributed by atoms with Gasteiger partial charge >= 0.3 is 0 Å². The molecule has 1 heterocycles. The lowest BCUT2D eigenvalue weighted by molar-refractivity contribution is 0.0997. The van der Waals surface area contributed by atoms with Crippen molar-refractivity contribution in [2.24, 2.45) is 0 Å². The topological polar surface area (TPSA) is 42.1 Å². The van der Waals surface area contributed by atoms with Gasteiger partial charge in [-0.15, -0.1) is 0 Å². The number of carbonyl (C=O) groups excluding carboxylic acids is 1. The first-order chi connectivity index (χ1) is 14.4. The standard InChI is InChI=1S/C26H27NO3/c1-26(2,3)24-15-8-7-14-23(24)25(28)27(19-10-5-4-6-11-19)20-12-9-13-21(16-20)29-17-22-18-30-22/h4-16,22H,17-18H2,1-3H3. The zero-order chi connectivity index (χ0) is 21.1. The molecule has 1 amide bonds. The molecule has 0 aliphatic carbocycles. The average Bonchev–Trinajstić information content (AvgIpc) is 3.57. The first-order valence-corrected chi connectivity index (χ1v) is 10.3. The van der Waals surface area contributed by atoms with Gasteiger partial charge in [-0.05, 0) is 41.3 Å². The number of hydrogen-bond donors (Lipinski definition) is 0. The minimum Gasteiger partial charge on any atom is -0.491 e. The maximum atomic E-state index is 13.9. The van der Waals surface area contributed by atoms with Gasteiger partial charge in [0.15, 0.2) is 0 Å². The van der Waals surface area contributed by atoms with Crippen molar-refractivity contribution in [3.8, 4) is 5.75 Å². The minimum absolute atomic E-state index is 0.0607. The summed E-state index contributed by atoms with van der Waals surface area (Å²) in [6.07, 6.45) is 0.180. The Labute approximate surface area is 178 Å². The monoisotopic (exact) mass is 401 g/mol. The highest BCUT2D eigenvalue weighted by molar-refractivity contribution is 6.12. The van der Waals surface area contributed by atoms with Crippen LogP contribution in [0.15, 0.2) is 78.9 Å². The molecule has 1 unspecified atom stereocenters. The van der Waals surface area contributed by atoms with Crippen molar-refractivity contribution in [2.75, 3.05) is 18.1 Å². The molecule has 154 valence electrons. The summed E-state index contributed by atoms with van der Waals surface area (Å²) < 4.78 is 11.1. The number of anilines is 2. The van der Waals surface area contributed by atoms with Gasteiger partial charge in [0.25, 0.3) is 5.91 Å². The van der Waals surface area contributed by atoms with E-state index in [-0.39, 0.29) is 17.4 Å². The van der Waals surface area contributed by atoms with Crippen molar-refractivity contribution in [1.82, 2.24) is 0 Å². The predicted molar refractivity (Wildman–Crippen MR) is 120 cm³/mol. The van der Waals surface area contributed by atoms with Gasteiger partial charge in [0, 0.05) is 17.3 Å². The van der Waals surface area contributed by atoms with Crippen molar-refractivity contribution in [3.05, 3.63) is 90.0 Å². The smallest absolute Gasteiger partial charge is 0.263 e. The largest absolute Gasteiger partial charge is 0.491 e. The number of para-hydroxylation sites is 1. The summed E-state index contributed by atoms with van der Waals surface area (Å²) in [7, 11) is 0. The Balaban J connectivity index is 1.75. The summed E-state index contributed by atoms with van der Waals surface area (Å²) in [6, 6.07) is 25.2. The molecular formula is C26H27NO3. The van der Waals surface area contributed by atoms with Crippen LogP contribution in [0, 0.1) is 0 Å². The van der Waals surface area contributed by atoms with Crippen LogP contribution < -0.4 is 9.64 Å². The lowest BCUT2D eigenvalue weighted by Gasteiger charge is -2.28. The Morgan fingerprint density at radius 2 is 1.63 bits per heavy atom. The zero-order valence-corrected chi connectivity index (χ0v) is 17.7. The molecule has 4 heteroatoms. The number of rotatable bonds is 6. The molecule has 4 nitrogen and oxygen atoms in total. The van der Waals surface area contributed by atoms with E-state index in [9.17, 15) is 4.79 Å². The molecule has 0 spiro atoms. The molecule has 1 saturated heterocycles. The van der Waals surface area contributed by atoms with Gasteiger partial charge in [-0.2, -0.15) is 0 Å². The Bertz CT molecular complexity index is 1020. The van der Waals surface area contributed by atoms with E-state index in [4.69, 9.17) is 9.47 Å². The maximum absolute atomic E-state index is 13.9. The fourth-order valence-electron chi connectivity index (χ4n) is 3.47. The second kappa shape index (κ2) is 8.33. The number of ether oxygens (including phenoxy) is 2. The third-order valence-corrected chi connectivity index (χ3v) is 5.10. The number of benzene rings is 3. The quantitative estimate of drug-likeness (QED) is 0.495. The Morgan fingerprint density at radius 1 is 0.967 bits per heavy atom. The summed E-state index contributed by atoms with van der Waals surface area (Å²) in [5.74, 6) is 0.662. The van der Waals surface area contributed by atoms with Gasteiger partial charge < -0.3 is 9.47 Å². The highest BCUT2D eigenvalue weighted by Gasteiger charge is 2.27. The summed E-state index contributed by atoms with van der Waals surface area (Å²) in [6.45, 7) is 7.65. The molecule has 0 aromatic heterocycles. The van der Waals surface area contributed by atoms with Crippen molar-refractivity contribution in [1.29, 1.82) is 0 Å². The molecule has 1 aliphatic heterocycles. The highest BCUT2D eigenvalue weighted by atomic mass is 16.6. The molecule has 0 bridgehead atoms. The van der Waals surface area contributed by atoms with Crippen LogP contribution in [0.25, 0.3) is 0 Å². The summed E-state index contributed by atoms with van der Waals surface area (Å²) in [5, 5.41) is 0. The molecule has 1 aliphatic rings. The molecule has 3 aromatic carbocycles. The number of amides is 1. The maximum Gasteiger partial charge on any atom is 0.263 e. The molecule has 1 fully saturated rings. The van der Waals surface area contributed by atoms with E-state index in [1.807, 2.05) is 78.9 Å². The number of hydrogen-bond acceptors (Lipinski definition) is 3. The minimum atomic E-state index is -0.149. The molecule has 0 radical (unpaired) electrons. The van der Waals surface area contributed by atoms with E-state index in [1.54, 1.807) is 4.90 Å². The fourth-order valence-corrected chi connectivity index (χ4v) is 3.47. The summed E-state index contributed by atoms with van der Waals surface area (Å²) >= 11 is 0. The van der Waals surface area contributed by atoms with E-state index in [2.05, 4.69) is 20.8 Å². The molecule has 3 aromatic rings. The lowest BCUT2D eigenvalue weighted by atomic mass is 9.83. The van der Waals surface area contributed by atoms with Crippen LogP contribution in [0.4, 0.5) is 11.4 Å². The van der Waals surface area contributed by atoms with Gasteiger partial charge in [0.1, 0.15) is 18.5 Å². The zero-order valence-electron chi connectivity index (χ0n) is 17.7. The van der Waals surface area contributed by atoms with Gasteiger partial charge in [0.2, 0.25) is 0 Å². The van der Waals surface area contributed by atoms with Gasteiger partial charge in [-0.25, -0.2) is 0 Å². The van der Waals surface area contributed by atoms with Gasteiger partial charge in [-0.1, -0.05) is 63.2 Å². The van der Waals surface area contributed by atoms with Crippen molar-refractivity contribution >= 4 is 17.3 Å². The van der Waals surface area contributed by atoms with Crippen LogP contribution in [0.2, 0.25) is 0 Å². The molecule has 1 atom stereocenters. The van der Waals surface area contributed by atoms with Crippen LogP contribution in [0.1, 0.15) is 36.7 Å². The van der Waals surface area contributed by atoms with Crippen LogP contribution in [0.5, 0.6) is 5.75 Å². The number of epoxide rings is 1. The van der Waals surface area contributed by atoms with Crippen LogP contribution in [-0.2, 0) is 10.2 Å². The van der Waals surface area contributed by atoms with Crippen LogP contribution >= 0.6 is 0 Å². The average molecular weight is 402 g/mol. The summed E-state index contributed by atoms with van der Waals surface area (Å²) in [4.78, 5) is 15.6. The lowest BCUT2D eigenvalue weighted by Crippen LogP contribution is -2.29. The highest BCUT2D eigenvalue weighted by Crippen LogP contribution is 2.33. The normalized spacial score (nSPS) is 15.5. The van der Waals surface area contributed by atoms with E-state index in [1.165, 1.54) is 0 Å². The van der Waals surface area contributed by atoms with Crippen LogP contribution in [-0.4, -0.2) is 25.2 Å².